The second kappa shape index (κ2) is 12.8. The third-order valence-corrected chi connectivity index (χ3v) is 10.8. The molecule has 2 aromatic carbocycles. The Balaban J connectivity index is 1.22. The Hall–Kier alpha value is -4.30. The summed E-state index contributed by atoms with van der Waals surface area (Å²) in [6, 6.07) is 6.99. The van der Waals surface area contributed by atoms with E-state index in [1.54, 1.807) is 53.7 Å². The molecular weight excluding hydrogens is 685 g/mol. The predicted molar refractivity (Wildman–Crippen MR) is 185 cm³/mol. The number of carbonyl (C=O) groups excluding carboxylic acids is 8. The van der Waals surface area contributed by atoms with E-state index < -0.39 is 82.0 Å². The van der Waals surface area contributed by atoms with Crippen molar-refractivity contribution in [2.24, 2.45) is 11.8 Å². The van der Waals surface area contributed by atoms with Gasteiger partial charge in [-0.3, -0.25) is 38.6 Å². The van der Waals surface area contributed by atoms with Gasteiger partial charge in [-0.1, -0.05) is 24.3 Å². The zero-order chi connectivity index (χ0) is 36.4. The first kappa shape index (κ1) is 35.5. The average Bonchev–Trinajstić information content (AvgIpc) is 3.81. The molecule has 0 radical (unpaired) electrons. The summed E-state index contributed by atoms with van der Waals surface area (Å²) < 4.78 is 10.9. The molecule has 2 heterocycles. The summed E-state index contributed by atoms with van der Waals surface area (Å²) in [6.07, 6.45) is -1.40. The van der Waals surface area contributed by atoms with E-state index in [2.05, 4.69) is 0 Å². The topological polar surface area (TPSA) is 162 Å². The van der Waals surface area contributed by atoms with Gasteiger partial charge >= 0.3 is 12.2 Å². The lowest BCUT2D eigenvalue weighted by Crippen LogP contribution is -2.48. The standard InChI is InChI=1S/C36H36N2O10S2/c1-35(2,3)47-33(45)37-15-49-13-23(37)31(43)25-27(39)19-9-7-17(11-21(19)29(25)41)18-8-10-20-22(12-18)30(42)26(28(20)40)32(44)24-14-50-16-38(24)34(46)48-36(4,5)6/h7-12,23-26H,13-16H2,1-6H3/t23-,24-,25?,26?/m0/s1. The lowest BCUT2D eigenvalue weighted by molar-refractivity contribution is -0.125. The highest BCUT2D eigenvalue weighted by atomic mass is 32.2. The number of fused-ring (bicyclic) bond motifs is 2. The Morgan fingerprint density at radius 1 is 0.580 bits per heavy atom. The number of nitrogens with zero attached hydrogens (tertiary/aromatic N) is 2. The molecule has 50 heavy (non-hydrogen) atoms. The number of hydrogen-bond acceptors (Lipinski definition) is 12. The molecule has 0 saturated carbocycles. The largest absolute Gasteiger partial charge is 0.444 e. The Morgan fingerprint density at radius 2 is 0.920 bits per heavy atom. The van der Waals surface area contributed by atoms with Crippen LogP contribution in [0.3, 0.4) is 0 Å². The maximum atomic E-state index is 13.6. The monoisotopic (exact) mass is 720 g/mol. The number of hydrogen-bond donors (Lipinski definition) is 0. The second-order valence-electron chi connectivity index (χ2n) is 14.6. The fourth-order valence-corrected chi connectivity index (χ4v) is 8.71. The molecule has 4 atom stereocenters. The van der Waals surface area contributed by atoms with Crippen LogP contribution >= 0.6 is 23.5 Å². The predicted octanol–water partition coefficient (Wildman–Crippen LogP) is 5.10. The van der Waals surface area contributed by atoms with Crippen molar-refractivity contribution in [1.29, 1.82) is 0 Å². The Labute approximate surface area is 297 Å². The lowest BCUT2D eigenvalue weighted by atomic mass is 9.93. The second-order valence-corrected chi connectivity index (χ2v) is 16.6. The summed E-state index contributed by atoms with van der Waals surface area (Å²) in [5.74, 6) is -6.39. The van der Waals surface area contributed by atoms with Gasteiger partial charge in [-0.25, -0.2) is 9.59 Å². The molecule has 0 spiro atoms. The third-order valence-electron chi connectivity index (χ3n) is 8.73. The van der Waals surface area contributed by atoms with Crippen molar-refractivity contribution in [3.8, 4) is 11.1 Å². The van der Waals surface area contributed by atoms with Gasteiger partial charge in [0.1, 0.15) is 35.1 Å². The summed E-state index contributed by atoms with van der Waals surface area (Å²) in [6.45, 7) is 10.2. The van der Waals surface area contributed by atoms with Gasteiger partial charge < -0.3 is 9.47 Å². The van der Waals surface area contributed by atoms with Gasteiger partial charge in [0, 0.05) is 33.8 Å². The SMILES string of the molecule is CC(C)(C)OC(=O)N1CSC[C@H]1C(=O)C1C(=O)c2ccc(-c3ccc4c(c3)C(=O)C(C(=O)[C@@H]3CSCN3C(=O)OC(C)(C)C)C4=O)cc2C1=O. The number of amides is 2. The molecule has 6 rings (SSSR count). The van der Waals surface area contributed by atoms with E-state index in [1.165, 1.54) is 57.6 Å². The smallest absolute Gasteiger partial charge is 0.411 e. The molecular formula is C36H36N2O10S2. The molecule has 4 aliphatic rings. The quantitative estimate of drug-likeness (QED) is 0.377. The van der Waals surface area contributed by atoms with E-state index in [0.29, 0.717) is 11.1 Å². The van der Waals surface area contributed by atoms with Crippen LogP contribution in [0.15, 0.2) is 36.4 Å². The van der Waals surface area contributed by atoms with Gasteiger partial charge in [0.05, 0.1) is 11.8 Å². The number of Topliss-reactive ketones (excluding diaryl/α,β-unsaturated/α-hetero) is 6. The van der Waals surface area contributed by atoms with Crippen molar-refractivity contribution in [3.63, 3.8) is 0 Å². The summed E-state index contributed by atoms with van der Waals surface area (Å²) in [5.41, 5.74) is -0.463. The molecule has 0 aromatic heterocycles. The molecule has 2 aliphatic heterocycles. The molecule has 2 fully saturated rings. The van der Waals surface area contributed by atoms with E-state index in [9.17, 15) is 38.4 Å². The first-order valence-electron chi connectivity index (χ1n) is 16.1. The first-order chi connectivity index (χ1) is 23.4. The van der Waals surface area contributed by atoms with Gasteiger partial charge in [-0.2, -0.15) is 0 Å². The number of ketones is 6. The van der Waals surface area contributed by atoms with Gasteiger partial charge in [-0.15, -0.1) is 23.5 Å². The summed E-state index contributed by atoms with van der Waals surface area (Å²) in [4.78, 5) is 109. The molecule has 2 unspecified atom stereocenters. The van der Waals surface area contributed by atoms with Gasteiger partial charge in [-0.05, 0) is 64.8 Å². The van der Waals surface area contributed by atoms with Crippen LogP contribution in [-0.2, 0) is 19.1 Å². The molecule has 14 heteroatoms. The molecule has 2 aliphatic carbocycles. The van der Waals surface area contributed by atoms with E-state index in [0.717, 1.165) is 0 Å². The summed E-state index contributed by atoms with van der Waals surface area (Å²) >= 11 is 2.65. The van der Waals surface area contributed by atoms with Crippen LogP contribution in [0.2, 0.25) is 0 Å². The van der Waals surface area contributed by atoms with Crippen molar-refractivity contribution in [1.82, 2.24) is 9.80 Å². The lowest BCUT2D eigenvalue weighted by Gasteiger charge is -2.28. The fraction of sp³-hybridized carbons (Fsp3) is 0.444. The highest BCUT2D eigenvalue weighted by molar-refractivity contribution is 7.99. The maximum Gasteiger partial charge on any atom is 0.411 e. The Bertz CT molecular complexity index is 1760. The summed E-state index contributed by atoms with van der Waals surface area (Å²) in [7, 11) is 0. The van der Waals surface area contributed by atoms with Crippen molar-refractivity contribution in [2.45, 2.75) is 64.8 Å². The zero-order valence-electron chi connectivity index (χ0n) is 28.4. The fourth-order valence-electron chi connectivity index (χ4n) is 6.40. The number of benzene rings is 2. The average molecular weight is 721 g/mol. The molecule has 12 nitrogen and oxygen atoms in total. The molecule has 2 amide bonds. The maximum absolute atomic E-state index is 13.6. The highest BCUT2D eigenvalue weighted by Crippen LogP contribution is 2.38. The zero-order valence-corrected chi connectivity index (χ0v) is 30.0. The van der Waals surface area contributed by atoms with Crippen molar-refractivity contribution >= 4 is 70.4 Å². The van der Waals surface area contributed by atoms with Crippen molar-refractivity contribution < 1.29 is 47.8 Å². The van der Waals surface area contributed by atoms with Crippen LogP contribution in [0.4, 0.5) is 9.59 Å². The Morgan fingerprint density at radius 3 is 1.26 bits per heavy atom. The van der Waals surface area contributed by atoms with Crippen molar-refractivity contribution in [2.75, 3.05) is 23.3 Å². The number of ether oxygens (including phenoxy) is 2. The van der Waals surface area contributed by atoms with E-state index in [4.69, 9.17) is 9.47 Å². The highest BCUT2D eigenvalue weighted by Gasteiger charge is 2.51. The minimum atomic E-state index is -1.60. The number of rotatable bonds is 5. The van der Waals surface area contributed by atoms with Crippen LogP contribution in [-0.4, -0.2) is 103 Å². The third kappa shape index (κ3) is 6.39. The normalized spacial score (nSPS) is 23.3. The summed E-state index contributed by atoms with van der Waals surface area (Å²) in [5, 5.41) is 0. The molecule has 2 aromatic rings. The van der Waals surface area contributed by atoms with Gasteiger partial charge in [0.2, 0.25) is 0 Å². The number of carbonyl (C=O) groups is 8. The first-order valence-corrected chi connectivity index (χ1v) is 18.4. The molecule has 0 N–H and O–H groups in total. The van der Waals surface area contributed by atoms with Crippen molar-refractivity contribution in [3.05, 3.63) is 58.7 Å². The van der Waals surface area contributed by atoms with Crippen LogP contribution < -0.4 is 0 Å². The van der Waals surface area contributed by atoms with Gasteiger partial charge in [0.25, 0.3) is 0 Å². The van der Waals surface area contributed by atoms with Crippen LogP contribution in [0.25, 0.3) is 11.1 Å². The molecule has 0 bridgehead atoms. The van der Waals surface area contributed by atoms with E-state index >= 15 is 0 Å². The van der Waals surface area contributed by atoms with Crippen LogP contribution in [0.1, 0.15) is 83.0 Å². The molecule has 262 valence electrons. The van der Waals surface area contributed by atoms with E-state index in [1.807, 2.05) is 0 Å². The molecule has 2 saturated heterocycles. The van der Waals surface area contributed by atoms with Crippen LogP contribution in [0.5, 0.6) is 0 Å². The van der Waals surface area contributed by atoms with Crippen LogP contribution in [0, 0.1) is 11.8 Å². The Kier molecular flexibility index (Phi) is 9.09. The van der Waals surface area contributed by atoms with Gasteiger partial charge in [0.15, 0.2) is 34.7 Å². The minimum Gasteiger partial charge on any atom is -0.444 e. The van der Waals surface area contributed by atoms with E-state index in [-0.39, 0.29) is 45.5 Å². The minimum absolute atomic E-state index is 0.0391. The number of thioether (sulfide) groups is 2.